The van der Waals surface area contributed by atoms with Gasteiger partial charge in [-0.3, -0.25) is 0 Å². The number of methoxy groups -OCH3 is 1. The van der Waals surface area contributed by atoms with Gasteiger partial charge in [0.25, 0.3) is 0 Å². The molecule has 0 bridgehead atoms. The standard InChI is InChI=1S/C25H32N4O3/c1-3-17-31-23-14-15-24(21(19-23)11-16-25-26-28-29-27-25)32-18-7-5-4-6-8-20-9-12-22(30-2)13-10-20/h6,8-10,12-15,19H,3-5,7,11,16-18H2,1-2H3,(H,26,27,28,29)/b8-6+. The van der Waals surface area contributed by atoms with Gasteiger partial charge in [0.05, 0.1) is 20.3 Å². The minimum atomic E-state index is 0.681. The summed E-state index contributed by atoms with van der Waals surface area (Å²) >= 11 is 0. The number of allylic oxidation sites excluding steroid dienone is 1. The van der Waals surface area contributed by atoms with E-state index in [4.69, 9.17) is 14.2 Å². The number of aryl methyl sites for hydroxylation is 2. The first kappa shape index (κ1) is 23.3. The SMILES string of the molecule is CCCOc1ccc(OCCCC/C=C/c2ccc(OC)cc2)c(CCc2nn[nH]n2)c1. The summed E-state index contributed by atoms with van der Waals surface area (Å²) in [4.78, 5) is 0. The van der Waals surface area contributed by atoms with Crippen molar-refractivity contribution in [2.24, 2.45) is 0 Å². The number of ether oxygens (including phenoxy) is 3. The van der Waals surface area contributed by atoms with Crippen LogP contribution in [0.1, 0.15) is 49.6 Å². The lowest BCUT2D eigenvalue weighted by Crippen LogP contribution is -2.03. The number of aromatic nitrogens is 4. The Balaban J connectivity index is 1.45. The van der Waals surface area contributed by atoms with Crippen LogP contribution in [0.4, 0.5) is 0 Å². The molecule has 0 spiro atoms. The van der Waals surface area contributed by atoms with Crippen molar-refractivity contribution in [2.75, 3.05) is 20.3 Å². The normalized spacial score (nSPS) is 11.1. The summed E-state index contributed by atoms with van der Waals surface area (Å²) < 4.78 is 17.1. The third-order valence-corrected chi connectivity index (χ3v) is 4.96. The van der Waals surface area contributed by atoms with E-state index in [0.717, 1.165) is 54.9 Å². The predicted octanol–water partition coefficient (Wildman–Crippen LogP) is 5.04. The molecular formula is C25H32N4O3. The van der Waals surface area contributed by atoms with Crippen LogP contribution in [0.25, 0.3) is 6.08 Å². The number of aromatic amines is 1. The zero-order valence-electron chi connectivity index (χ0n) is 18.9. The minimum absolute atomic E-state index is 0.681. The fraction of sp³-hybridized carbons (Fsp3) is 0.400. The zero-order chi connectivity index (χ0) is 22.4. The van der Waals surface area contributed by atoms with E-state index < -0.39 is 0 Å². The molecule has 1 aromatic heterocycles. The first-order valence-electron chi connectivity index (χ1n) is 11.2. The van der Waals surface area contributed by atoms with E-state index in [2.05, 4.69) is 57.9 Å². The van der Waals surface area contributed by atoms with Crippen LogP contribution in [-0.4, -0.2) is 40.9 Å². The quantitative estimate of drug-likeness (QED) is 0.356. The molecule has 0 radical (unpaired) electrons. The third kappa shape index (κ3) is 7.72. The lowest BCUT2D eigenvalue weighted by atomic mass is 10.1. The van der Waals surface area contributed by atoms with Gasteiger partial charge in [-0.15, -0.1) is 10.2 Å². The molecule has 7 heteroatoms. The van der Waals surface area contributed by atoms with Gasteiger partial charge in [0.15, 0.2) is 5.82 Å². The van der Waals surface area contributed by atoms with E-state index in [1.165, 1.54) is 5.56 Å². The number of unbranched alkanes of at least 4 members (excludes halogenated alkanes) is 2. The van der Waals surface area contributed by atoms with Gasteiger partial charge in [-0.25, -0.2) is 0 Å². The molecule has 1 N–H and O–H groups in total. The van der Waals surface area contributed by atoms with Crippen LogP contribution in [0.5, 0.6) is 17.2 Å². The fourth-order valence-electron chi connectivity index (χ4n) is 3.22. The number of H-pyrrole nitrogens is 1. The van der Waals surface area contributed by atoms with Crippen molar-refractivity contribution >= 4 is 6.08 Å². The van der Waals surface area contributed by atoms with Crippen molar-refractivity contribution in [3.63, 3.8) is 0 Å². The largest absolute Gasteiger partial charge is 0.497 e. The molecule has 0 amide bonds. The Morgan fingerprint density at radius 1 is 0.938 bits per heavy atom. The lowest BCUT2D eigenvalue weighted by molar-refractivity contribution is 0.299. The lowest BCUT2D eigenvalue weighted by Gasteiger charge is -2.13. The molecule has 7 nitrogen and oxygen atoms in total. The maximum atomic E-state index is 6.10. The first-order chi connectivity index (χ1) is 15.8. The third-order valence-electron chi connectivity index (χ3n) is 4.96. The molecule has 170 valence electrons. The van der Waals surface area contributed by atoms with Crippen molar-refractivity contribution in [1.29, 1.82) is 0 Å². The summed E-state index contributed by atoms with van der Waals surface area (Å²) in [6.07, 6.45) is 9.87. The summed E-state index contributed by atoms with van der Waals surface area (Å²) in [5.74, 6) is 3.33. The van der Waals surface area contributed by atoms with E-state index in [1.54, 1.807) is 7.11 Å². The maximum Gasteiger partial charge on any atom is 0.174 e. The molecule has 0 unspecified atom stereocenters. The van der Waals surface area contributed by atoms with Crippen molar-refractivity contribution in [2.45, 2.75) is 45.4 Å². The number of hydrogen-bond donors (Lipinski definition) is 1. The summed E-state index contributed by atoms with van der Waals surface area (Å²) in [6.45, 7) is 3.48. The van der Waals surface area contributed by atoms with Crippen molar-refractivity contribution in [3.05, 3.63) is 65.5 Å². The molecule has 0 saturated carbocycles. The number of hydrogen-bond acceptors (Lipinski definition) is 6. The average Bonchev–Trinajstić information content (AvgIpc) is 3.35. The van der Waals surface area contributed by atoms with E-state index in [9.17, 15) is 0 Å². The highest BCUT2D eigenvalue weighted by Gasteiger charge is 2.09. The van der Waals surface area contributed by atoms with Crippen LogP contribution < -0.4 is 14.2 Å². The second-order valence-corrected chi connectivity index (χ2v) is 7.47. The molecule has 0 atom stereocenters. The number of nitrogens with zero attached hydrogens (tertiary/aromatic N) is 3. The summed E-state index contributed by atoms with van der Waals surface area (Å²) in [7, 11) is 1.68. The second kappa shape index (κ2) is 13.1. The van der Waals surface area contributed by atoms with Gasteiger partial charge in [0.2, 0.25) is 0 Å². The van der Waals surface area contributed by atoms with Crippen LogP contribution in [0.2, 0.25) is 0 Å². The van der Waals surface area contributed by atoms with Crippen molar-refractivity contribution in [1.82, 2.24) is 20.6 Å². The fourth-order valence-corrected chi connectivity index (χ4v) is 3.22. The average molecular weight is 437 g/mol. The van der Waals surface area contributed by atoms with Gasteiger partial charge in [-0.2, -0.15) is 5.21 Å². The summed E-state index contributed by atoms with van der Waals surface area (Å²) in [5.41, 5.74) is 2.28. The Morgan fingerprint density at radius 2 is 1.78 bits per heavy atom. The summed E-state index contributed by atoms with van der Waals surface area (Å²) in [6, 6.07) is 14.1. The van der Waals surface area contributed by atoms with Gasteiger partial charge in [0.1, 0.15) is 17.2 Å². The first-order valence-corrected chi connectivity index (χ1v) is 11.2. The molecule has 0 aliphatic carbocycles. The minimum Gasteiger partial charge on any atom is -0.497 e. The highest BCUT2D eigenvalue weighted by atomic mass is 16.5. The number of benzene rings is 2. The van der Waals surface area contributed by atoms with E-state index in [1.807, 2.05) is 24.3 Å². The van der Waals surface area contributed by atoms with E-state index in [-0.39, 0.29) is 0 Å². The Kier molecular flexibility index (Phi) is 9.58. The highest BCUT2D eigenvalue weighted by Crippen LogP contribution is 2.26. The maximum absolute atomic E-state index is 6.10. The van der Waals surface area contributed by atoms with Gasteiger partial charge in [-0.1, -0.05) is 36.4 Å². The molecule has 0 aliphatic heterocycles. The van der Waals surface area contributed by atoms with Crippen molar-refractivity contribution in [3.8, 4) is 17.2 Å². The van der Waals surface area contributed by atoms with Crippen LogP contribution >= 0.6 is 0 Å². The number of rotatable bonds is 14. The summed E-state index contributed by atoms with van der Waals surface area (Å²) in [5, 5.41) is 14.2. The van der Waals surface area contributed by atoms with Crippen LogP contribution in [0.15, 0.2) is 48.5 Å². The Bertz CT molecular complexity index is 940. The smallest absolute Gasteiger partial charge is 0.174 e. The van der Waals surface area contributed by atoms with Crippen LogP contribution in [0.3, 0.4) is 0 Å². The number of tetrazole rings is 1. The van der Waals surface area contributed by atoms with Gasteiger partial charge >= 0.3 is 0 Å². The predicted molar refractivity (Wildman–Crippen MR) is 125 cm³/mol. The Morgan fingerprint density at radius 3 is 2.53 bits per heavy atom. The molecule has 32 heavy (non-hydrogen) atoms. The monoisotopic (exact) mass is 436 g/mol. The molecule has 0 aliphatic rings. The second-order valence-electron chi connectivity index (χ2n) is 7.47. The molecule has 0 saturated heterocycles. The van der Waals surface area contributed by atoms with E-state index in [0.29, 0.717) is 25.5 Å². The van der Waals surface area contributed by atoms with Gasteiger partial charge in [-0.05, 0) is 73.6 Å². The highest BCUT2D eigenvalue weighted by molar-refractivity contribution is 5.50. The van der Waals surface area contributed by atoms with Gasteiger partial charge < -0.3 is 14.2 Å². The number of nitrogens with one attached hydrogen (secondary N) is 1. The van der Waals surface area contributed by atoms with Gasteiger partial charge in [0, 0.05) is 6.42 Å². The van der Waals surface area contributed by atoms with E-state index >= 15 is 0 Å². The Hall–Kier alpha value is -3.35. The zero-order valence-corrected chi connectivity index (χ0v) is 18.9. The van der Waals surface area contributed by atoms with Crippen molar-refractivity contribution < 1.29 is 14.2 Å². The van der Waals surface area contributed by atoms with Crippen LogP contribution in [-0.2, 0) is 12.8 Å². The topological polar surface area (TPSA) is 82.1 Å². The molecule has 2 aromatic carbocycles. The molecular weight excluding hydrogens is 404 g/mol. The molecule has 0 fully saturated rings. The molecule has 1 heterocycles. The molecule has 3 aromatic rings. The molecule has 3 rings (SSSR count). The Labute approximate surface area is 189 Å². The van der Waals surface area contributed by atoms with Crippen LogP contribution in [0, 0.1) is 0 Å².